The minimum atomic E-state index is -0.165. The van der Waals surface area contributed by atoms with Crippen molar-refractivity contribution in [1.29, 1.82) is 0 Å². The van der Waals surface area contributed by atoms with Crippen molar-refractivity contribution >= 4 is 22.6 Å². The fourth-order valence-corrected chi connectivity index (χ4v) is 3.26. The summed E-state index contributed by atoms with van der Waals surface area (Å²) in [7, 11) is 1.61. The number of carbonyl (C=O) groups excluding carboxylic acids is 1. The molecule has 4 aromatic rings. The molecule has 0 fully saturated rings. The Morgan fingerprint density at radius 3 is 2.54 bits per heavy atom. The highest BCUT2D eigenvalue weighted by atomic mass is 16.5. The molecule has 2 aromatic heterocycles. The molecule has 4 rings (SSSR count). The third kappa shape index (κ3) is 3.44. The number of anilines is 1. The predicted molar refractivity (Wildman–Crippen MR) is 109 cm³/mol. The first kappa shape index (κ1) is 17.7. The van der Waals surface area contributed by atoms with E-state index in [9.17, 15) is 4.79 Å². The highest BCUT2D eigenvalue weighted by Gasteiger charge is 2.15. The van der Waals surface area contributed by atoms with Crippen molar-refractivity contribution in [1.82, 2.24) is 14.8 Å². The quantitative estimate of drug-likeness (QED) is 0.574. The monoisotopic (exact) mass is 372 g/mol. The van der Waals surface area contributed by atoms with E-state index in [1.54, 1.807) is 42.3 Å². The molecule has 2 heterocycles. The average molecular weight is 372 g/mol. The van der Waals surface area contributed by atoms with E-state index in [0.717, 1.165) is 28.0 Å². The van der Waals surface area contributed by atoms with E-state index >= 15 is 0 Å². The molecule has 0 saturated heterocycles. The topological polar surface area (TPSA) is 69.0 Å². The van der Waals surface area contributed by atoms with Crippen molar-refractivity contribution in [2.24, 2.45) is 0 Å². The van der Waals surface area contributed by atoms with Crippen LogP contribution in [0.1, 0.15) is 5.69 Å². The van der Waals surface area contributed by atoms with Crippen LogP contribution in [0.3, 0.4) is 0 Å². The highest BCUT2D eigenvalue weighted by molar-refractivity contribution is 5.96. The molecule has 0 aliphatic carbocycles. The number of hydrogen-bond donors (Lipinski definition) is 1. The summed E-state index contributed by atoms with van der Waals surface area (Å²) < 4.78 is 6.78. The Labute approximate surface area is 162 Å². The zero-order valence-corrected chi connectivity index (χ0v) is 15.7. The number of amides is 1. The molecule has 0 bridgehead atoms. The van der Waals surface area contributed by atoms with Gasteiger partial charge in [0.2, 0.25) is 5.91 Å². The number of hydrogen-bond acceptors (Lipinski definition) is 4. The number of fused-ring (bicyclic) bond motifs is 1. The molecule has 1 N–H and O–H groups in total. The van der Waals surface area contributed by atoms with Crippen LogP contribution in [0.2, 0.25) is 0 Å². The van der Waals surface area contributed by atoms with E-state index < -0.39 is 0 Å². The molecular weight excluding hydrogens is 352 g/mol. The maximum Gasteiger partial charge on any atom is 0.246 e. The van der Waals surface area contributed by atoms with Crippen LogP contribution in [0.25, 0.3) is 22.2 Å². The molecule has 28 heavy (non-hydrogen) atoms. The van der Waals surface area contributed by atoms with Gasteiger partial charge in [0.15, 0.2) is 5.65 Å². The Morgan fingerprint density at radius 2 is 1.82 bits per heavy atom. The second-order valence-corrected chi connectivity index (χ2v) is 6.44. The van der Waals surface area contributed by atoms with Crippen molar-refractivity contribution < 1.29 is 9.53 Å². The van der Waals surface area contributed by atoms with Crippen molar-refractivity contribution in [2.45, 2.75) is 13.5 Å². The van der Waals surface area contributed by atoms with E-state index in [0.29, 0.717) is 11.3 Å². The number of pyridine rings is 1. The molecule has 0 aliphatic rings. The first-order valence-electron chi connectivity index (χ1n) is 8.97. The summed E-state index contributed by atoms with van der Waals surface area (Å²) in [4.78, 5) is 17.0. The van der Waals surface area contributed by atoms with E-state index in [1.165, 1.54) is 0 Å². The molecule has 2 aromatic carbocycles. The first-order valence-corrected chi connectivity index (χ1v) is 8.97. The second-order valence-electron chi connectivity index (χ2n) is 6.44. The molecule has 0 aliphatic heterocycles. The zero-order valence-electron chi connectivity index (χ0n) is 15.7. The van der Waals surface area contributed by atoms with Gasteiger partial charge in [-0.25, -0.2) is 9.67 Å². The number of aromatic nitrogens is 3. The Hall–Kier alpha value is -3.67. The lowest BCUT2D eigenvalue weighted by Gasteiger charge is -2.07. The van der Waals surface area contributed by atoms with Crippen molar-refractivity contribution in [2.75, 3.05) is 12.4 Å². The Morgan fingerprint density at radius 1 is 1.07 bits per heavy atom. The Kier molecular flexibility index (Phi) is 4.76. The van der Waals surface area contributed by atoms with Crippen LogP contribution < -0.4 is 10.1 Å². The number of ether oxygens (including phenoxy) is 1. The molecule has 0 unspecified atom stereocenters. The van der Waals surface area contributed by atoms with Gasteiger partial charge in [-0.2, -0.15) is 5.10 Å². The third-order valence-corrected chi connectivity index (χ3v) is 4.56. The summed E-state index contributed by atoms with van der Waals surface area (Å²) in [6.07, 6.45) is 1.75. The third-order valence-electron chi connectivity index (χ3n) is 4.56. The fourth-order valence-electron chi connectivity index (χ4n) is 3.26. The lowest BCUT2D eigenvalue weighted by molar-refractivity contribution is -0.116. The van der Waals surface area contributed by atoms with Crippen LogP contribution in [-0.2, 0) is 11.3 Å². The fraction of sp³-hybridized carbons (Fsp3) is 0.136. The molecule has 0 radical (unpaired) electrons. The lowest BCUT2D eigenvalue weighted by Crippen LogP contribution is -2.19. The van der Waals surface area contributed by atoms with Gasteiger partial charge in [0.25, 0.3) is 0 Å². The van der Waals surface area contributed by atoms with Gasteiger partial charge in [-0.3, -0.25) is 4.79 Å². The van der Waals surface area contributed by atoms with Crippen LogP contribution in [0.5, 0.6) is 5.75 Å². The van der Waals surface area contributed by atoms with Crippen molar-refractivity contribution in [3.05, 3.63) is 72.6 Å². The molecule has 6 nitrogen and oxygen atoms in total. The number of nitrogens with zero attached hydrogens (tertiary/aromatic N) is 3. The van der Waals surface area contributed by atoms with Crippen LogP contribution in [0.15, 0.2) is 66.9 Å². The summed E-state index contributed by atoms with van der Waals surface area (Å²) in [6, 6.07) is 19.3. The van der Waals surface area contributed by atoms with E-state index in [2.05, 4.69) is 27.5 Å². The van der Waals surface area contributed by atoms with Gasteiger partial charge in [0.05, 0.1) is 12.8 Å². The first-order chi connectivity index (χ1) is 13.7. The van der Waals surface area contributed by atoms with Gasteiger partial charge in [0.1, 0.15) is 12.3 Å². The Balaban J connectivity index is 1.61. The van der Waals surface area contributed by atoms with Gasteiger partial charge in [-0.15, -0.1) is 0 Å². The van der Waals surface area contributed by atoms with E-state index in [1.807, 2.05) is 31.2 Å². The zero-order chi connectivity index (χ0) is 19.5. The van der Waals surface area contributed by atoms with Gasteiger partial charge >= 0.3 is 0 Å². The lowest BCUT2D eigenvalue weighted by atomic mass is 10.0. The molecule has 6 heteroatoms. The van der Waals surface area contributed by atoms with Crippen LogP contribution >= 0.6 is 0 Å². The van der Waals surface area contributed by atoms with Crippen LogP contribution in [0, 0.1) is 6.92 Å². The summed E-state index contributed by atoms with van der Waals surface area (Å²) in [5.41, 5.74) is 4.41. The second kappa shape index (κ2) is 7.52. The number of benzene rings is 2. The molecule has 0 atom stereocenters. The Bertz CT molecular complexity index is 1120. The number of rotatable bonds is 5. The smallest absolute Gasteiger partial charge is 0.246 e. The van der Waals surface area contributed by atoms with Gasteiger partial charge < -0.3 is 10.1 Å². The number of methoxy groups -OCH3 is 1. The SMILES string of the molecule is COc1ccc(NC(=O)Cn2nc(C)c3c(-c4ccccc4)ccnc32)cc1. The largest absolute Gasteiger partial charge is 0.497 e. The maximum absolute atomic E-state index is 12.5. The van der Waals surface area contributed by atoms with Crippen LogP contribution in [0.4, 0.5) is 5.69 Å². The highest BCUT2D eigenvalue weighted by Crippen LogP contribution is 2.29. The standard InChI is InChI=1S/C22H20N4O2/c1-15-21-19(16-6-4-3-5-7-16)12-13-23-22(21)26(25-15)14-20(27)24-17-8-10-18(28-2)11-9-17/h3-13H,14H2,1-2H3,(H,24,27). The summed E-state index contributed by atoms with van der Waals surface area (Å²) in [5, 5.41) is 8.40. The minimum absolute atomic E-state index is 0.0849. The van der Waals surface area contributed by atoms with Gasteiger partial charge in [-0.1, -0.05) is 30.3 Å². The van der Waals surface area contributed by atoms with E-state index in [4.69, 9.17) is 4.74 Å². The summed E-state index contributed by atoms with van der Waals surface area (Å²) in [5.74, 6) is 0.575. The molecular formula is C22H20N4O2. The maximum atomic E-state index is 12.5. The van der Waals surface area contributed by atoms with Crippen molar-refractivity contribution in [3.8, 4) is 16.9 Å². The van der Waals surface area contributed by atoms with Gasteiger partial charge in [-0.05, 0) is 48.4 Å². The minimum Gasteiger partial charge on any atom is -0.497 e. The normalized spacial score (nSPS) is 10.8. The average Bonchev–Trinajstić information content (AvgIpc) is 3.04. The van der Waals surface area contributed by atoms with Crippen molar-refractivity contribution in [3.63, 3.8) is 0 Å². The van der Waals surface area contributed by atoms with Gasteiger partial charge in [0, 0.05) is 17.3 Å². The number of carbonyl (C=O) groups is 1. The molecule has 140 valence electrons. The van der Waals surface area contributed by atoms with E-state index in [-0.39, 0.29) is 12.5 Å². The molecule has 1 amide bonds. The summed E-state index contributed by atoms with van der Waals surface area (Å²) in [6.45, 7) is 2.02. The number of aryl methyl sites for hydroxylation is 1. The summed E-state index contributed by atoms with van der Waals surface area (Å²) >= 11 is 0. The predicted octanol–water partition coefficient (Wildman–Crippen LogP) is 4.05. The molecule has 0 spiro atoms. The number of nitrogens with one attached hydrogen (secondary N) is 1. The van der Waals surface area contributed by atoms with Crippen LogP contribution in [-0.4, -0.2) is 27.8 Å². The molecule has 0 saturated carbocycles.